The van der Waals surface area contributed by atoms with Crippen LogP contribution in [0.5, 0.6) is 0 Å². The quantitative estimate of drug-likeness (QED) is 0.609. The zero-order valence-electron chi connectivity index (χ0n) is 16.3. The number of piperidine rings is 1. The number of nitrogens with one attached hydrogen (secondary N) is 1. The van der Waals surface area contributed by atoms with Crippen LogP contribution >= 0.6 is 0 Å². The summed E-state index contributed by atoms with van der Waals surface area (Å²) in [7, 11) is 0. The average Bonchev–Trinajstić information content (AvgIpc) is 2.71. The molecule has 0 saturated carbocycles. The number of amides is 1. The molecule has 5 nitrogen and oxygen atoms in total. The van der Waals surface area contributed by atoms with Gasteiger partial charge in [-0.2, -0.15) is 0 Å². The Balaban J connectivity index is 1.46. The number of nitrogens with zero attached hydrogens (tertiary/aromatic N) is 1. The molecule has 1 aliphatic rings. The maximum absolute atomic E-state index is 12.6. The molecule has 150 valence electrons. The van der Waals surface area contributed by atoms with Crippen LogP contribution in [0.1, 0.15) is 24.0 Å². The first-order chi connectivity index (χ1) is 13.6. The van der Waals surface area contributed by atoms with E-state index in [4.69, 9.17) is 0 Å². The van der Waals surface area contributed by atoms with E-state index in [2.05, 4.69) is 17.4 Å². The SMILES string of the molecule is O=C(Cc1ccccc1)N1CC[C@H](O)[C@@](O)(CNCCCc2ccccc2)C1. The molecular formula is C23H30N2O3. The van der Waals surface area contributed by atoms with Gasteiger partial charge in [0.05, 0.1) is 19.1 Å². The number of rotatable bonds is 8. The molecule has 5 heteroatoms. The van der Waals surface area contributed by atoms with Gasteiger partial charge < -0.3 is 20.4 Å². The Labute approximate surface area is 167 Å². The summed E-state index contributed by atoms with van der Waals surface area (Å²) < 4.78 is 0. The maximum Gasteiger partial charge on any atom is 0.227 e. The zero-order chi connectivity index (χ0) is 19.8. The predicted molar refractivity (Wildman–Crippen MR) is 110 cm³/mol. The zero-order valence-corrected chi connectivity index (χ0v) is 16.3. The maximum atomic E-state index is 12.6. The van der Waals surface area contributed by atoms with Gasteiger partial charge in [0.2, 0.25) is 5.91 Å². The fraction of sp³-hybridized carbons (Fsp3) is 0.435. The lowest BCUT2D eigenvalue weighted by Crippen LogP contribution is -2.62. The van der Waals surface area contributed by atoms with Gasteiger partial charge in [-0.05, 0) is 36.9 Å². The van der Waals surface area contributed by atoms with E-state index in [1.807, 2.05) is 48.5 Å². The smallest absolute Gasteiger partial charge is 0.227 e. The Hall–Kier alpha value is -2.21. The van der Waals surface area contributed by atoms with Crippen molar-refractivity contribution < 1.29 is 15.0 Å². The molecule has 0 bridgehead atoms. The van der Waals surface area contributed by atoms with Crippen LogP contribution in [-0.2, 0) is 17.6 Å². The molecule has 2 aromatic rings. The van der Waals surface area contributed by atoms with Crippen molar-refractivity contribution in [1.82, 2.24) is 10.2 Å². The van der Waals surface area contributed by atoms with Gasteiger partial charge in [-0.25, -0.2) is 0 Å². The van der Waals surface area contributed by atoms with E-state index < -0.39 is 11.7 Å². The summed E-state index contributed by atoms with van der Waals surface area (Å²) in [4.78, 5) is 14.3. The molecule has 0 spiro atoms. The van der Waals surface area contributed by atoms with Crippen LogP contribution in [-0.4, -0.2) is 58.9 Å². The van der Waals surface area contributed by atoms with Crippen LogP contribution in [0.3, 0.4) is 0 Å². The molecule has 1 fully saturated rings. The summed E-state index contributed by atoms with van der Waals surface area (Å²) in [6, 6.07) is 19.9. The first-order valence-corrected chi connectivity index (χ1v) is 10.0. The fourth-order valence-corrected chi connectivity index (χ4v) is 3.70. The predicted octanol–water partition coefficient (Wildman–Crippen LogP) is 1.78. The van der Waals surface area contributed by atoms with Gasteiger partial charge in [0, 0.05) is 13.1 Å². The first kappa shape index (κ1) is 20.5. The molecule has 1 amide bonds. The molecule has 0 aromatic heterocycles. The van der Waals surface area contributed by atoms with Crippen molar-refractivity contribution in [2.24, 2.45) is 0 Å². The summed E-state index contributed by atoms with van der Waals surface area (Å²) in [5.41, 5.74) is 0.941. The third-order valence-electron chi connectivity index (χ3n) is 5.40. The molecule has 28 heavy (non-hydrogen) atoms. The molecule has 1 saturated heterocycles. The standard InChI is InChI=1S/C23H30N2O3/c26-21-13-15-25(22(27)16-20-10-5-2-6-11-20)18-23(21,28)17-24-14-7-12-19-8-3-1-4-9-19/h1-6,8-11,21,24,26,28H,7,12-18H2/t21-,23+/m0/s1. The number of aryl methyl sites for hydroxylation is 1. The van der Waals surface area contributed by atoms with E-state index in [9.17, 15) is 15.0 Å². The van der Waals surface area contributed by atoms with Crippen molar-refractivity contribution >= 4 is 5.91 Å². The lowest BCUT2D eigenvalue weighted by atomic mass is 9.89. The molecule has 1 heterocycles. The average molecular weight is 383 g/mol. The lowest BCUT2D eigenvalue weighted by Gasteiger charge is -2.43. The van der Waals surface area contributed by atoms with E-state index in [1.54, 1.807) is 4.90 Å². The Morgan fingerprint density at radius 3 is 2.39 bits per heavy atom. The van der Waals surface area contributed by atoms with Gasteiger partial charge in [-0.1, -0.05) is 60.7 Å². The molecule has 3 rings (SSSR count). The monoisotopic (exact) mass is 382 g/mol. The highest BCUT2D eigenvalue weighted by Crippen LogP contribution is 2.22. The highest BCUT2D eigenvalue weighted by Gasteiger charge is 2.42. The highest BCUT2D eigenvalue weighted by atomic mass is 16.3. The van der Waals surface area contributed by atoms with Gasteiger partial charge in [-0.15, -0.1) is 0 Å². The van der Waals surface area contributed by atoms with Gasteiger partial charge >= 0.3 is 0 Å². The Morgan fingerprint density at radius 1 is 1.07 bits per heavy atom. The Morgan fingerprint density at radius 2 is 1.71 bits per heavy atom. The molecule has 0 aliphatic carbocycles. The van der Waals surface area contributed by atoms with Crippen LogP contribution in [0.15, 0.2) is 60.7 Å². The van der Waals surface area contributed by atoms with Crippen molar-refractivity contribution in [3.05, 3.63) is 71.8 Å². The largest absolute Gasteiger partial charge is 0.390 e. The van der Waals surface area contributed by atoms with Crippen molar-refractivity contribution in [2.45, 2.75) is 37.4 Å². The molecule has 0 unspecified atom stereocenters. The topological polar surface area (TPSA) is 72.8 Å². The molecule has 3 N–H and O–H groups in total. The normalized spacial score (nSPS) is 22.2. The molecule has 2 aromatic carbocycles. The summed E-state index contributed by atoms with van der Waals surface area (Å²) in [5, 5.41) is 24.5. The molecular weight excluding hydrogens is 352 g/mol. The second-order valence-corrected chi connectivity index (χ2v) is 7.65. The van der Waals surface area contributed by atoms with E-state index >= 15 is 0 Å². The van der Waals surface area contributed by atoms with Crippen molar-refractivity contribution in [2.75, 3.05) is 26.2 Å². The number of hydrogen-bond acceptors (Lipinski definition) is 4. The Bertz CT molecular complexity index is 738. The first-order valence-electron chi connectivity index (χ1n) is 10.0. The minimum Gasteiger partial charge on any atom is -0.390 e. The lowest BCUT2D eigenvalue weighted by molar-refractivity contribution is -0.150. The number of β-amino-alcohol motifs (C(OH)–C–C–N with tert-alkyl or cyclic N) is 1. The Kier molecular flexibility index (Phi) is 7.20. The summed E-state index contributed by atoms with van der Waals surface area (Å²) in [6.45, 7) is 1.66. The van der Waals surface area contributed by atoms with E-state index in [1.165, 1.54) is 5.56 Å². The van der Waals surface area contributed by atoms with Crippen molar-refractivity contribution in [1.29, 1.82) is 0 Å². The number of carbonyl (C=O) groups excluding carboxylic acids is 1. The number of benzene rings is 2. The molecule has 1 aliphatic heterocycles. The van der Waals surface area contributed by atoms with Crippen LogP contribution in [0, 0.1) is 0 Å². The van der Waals surface area contributed by atoms with Gasteiger partial charge in [-0.3, -0.25) is 4.79 Å². The molecule has 2 atom stereocenters. The third kappa shape index (κ3) is 5.64. The van der Waals surface area contributed by atoms with Gasteiger partial charge in [0.15, 0.2) is 0 Å². The minimum atomic E-state index is -1.31. The number of aliphatic hydroxyl groups excluding tert-OH is 1. The van der Waals surface area contributed by atoms with Gasteiger partial charge in [0.25, 0.3) is 0 Å². The minimum absolute atomic E-state index is 0.0133. The van der Waals surface area contributed by atoms with Gasteiger partial charge in [0.1, 0.15) is 5.60 Å². The van der Waals surface area contributed by atoms with Crippen LogP contribution in [0.25, 0.3) is 0 Å². The second kappa shape index (κ2) is 9.82. The number of likely N-dealkylation sites (tertiary alicyclic amines) is 1. The van der Waals surface area contributed by atoms with E-state index in [-0.39, 0.29) is 19.0 Å². The summed E-state index contributed by atoms with van der Waals surface area (Å²) in [6.07, 6.45) is 1.80. The van der Waals surface area contributed by atoms with Crippen molar-refractivity contribution in [3.8, 4) is 0 Å². The van der Waals surface area contributed by atoms with Crippen LogP contribution < -0.4 is 5.32 Å². The fourth-order valence-electron chi connectivity index (χ4n) is 3.70. The second-order valence-electron chi connectivity index (χ2n) is 7.65. The molecule has 0 radical (unpaired) electrons. The van der Waals surface area contributed by atoms with Crippen LogP contribution in [0.4, 0.5) is 0 Å². The van der Waals surface area contributed by atoms with E-state index in [0.717, 1.165) is 24.9 Å². The van der Waals surface area contributed by atoms with E-state index in [0.29, 0.717) is 19.4 Å². The number of hydrogen-bond donors (Lipinski definition) is 3. The summed E-state index contributed by atoms with van der Waals surface area (Å²) in [5.74, 6) is -0.0133. The van der Waals surface area contributed by atoms with Crippen LogP contribution in [0.2, 0.25) is 0 Å². The summed E-state index contributed by atoms with van der Waals surface area (Å²) >= 11 is 0. The number of aliphatic hydroxyl groups is 2. The van der Waals surface area contributed by atoms with Crippen molar-refractivity contribution in [3.63, 3.8) is 0 Å². The highest BCUT2D eigenvalue weighted by molar-refractivity contribution is 5.79. The number of carbonyl (C=O) groups is 1. The third-order valence-corrected chi connectivity index (χ3v) is 5.40.